The van der Waals surface area contributed by atoms with Gasteiger partial charge >= 0.3 is 0 Å². The van der Waals surface area contributed by atoms with E-state index in [9.17, 15) is 5.11 Å². The smallest absolute Gasteiger partial charge is 0.183 e. The maximum Gasteiger partial charge on any atom is 0.183 e. The number of aliphatic hydroxyl groups is 1. The monoisotopic (exact) mass is 353 g/mol. The van der Waals surface area contributed by atoms with Crippen molar-refractivity contribution in [1.29, 1.82) is 0 Å². The van der Waals surface area contributed by atoms with Crippen LogP contribution >= 0.6 is 0 Å². The predicted molar refractivity (Wildman–Crippen MR) is 99.9 cm³/mol. The molecular weight excluding hydrogens is 330 g/mol. The van der Waals surface area contributed by atoms with Crippen LogP contribution in [0.25, 0.3) is 22.6 Å². The molecule has 4 rings (SSSR count). The Morgan fingerprint density at radius 1 is 1.23 bits per heavy atom. The molecule has 7 nitrogen and oxygen atoms in total. The lowest BCUT2D eigenvalue weighted by atomic mass is 10.1. The lowest BCUT2D eigenvalue weighted by molar-refractivity contribution is 0.0215. The summed E-state index contributed by atoms with van der Waals surface area (Å²) in [7, 11) is 2.02. The van der Waals surface area contributed by atoms with Gasteiger partial charge in [0.2, 0.25) is 0 Å². The minimum atomic E-state index is 0.0318. The van der Waals surface area contributed by atoms with E-state index in [4.69, 9.17) is 4.74 Å². The Hall–Kier alpha value is -2.51. The summed E-state index contributed by atoms with van der Waals surface area (Å²) in [5.74, 6) is 1.57. The highest BCUT2D eigenvalue weighted by atomic mass is 16.5. The van der Waals surface area contributed by atoms with Crippen LogP contribution in [0.3, 0.4) is 0 Å². The summed E-state index contributed by atoms with van der Waals surface area (Å²) < 4.78 is 5.85. The zero-order chi connectivity index (χ0) is 17.9. The Kier molecular flexibility index (Phi) is 4.81. The van der Waals surface area contributed by atoms with Crippen LogP contribution in [0.4, 0.5) is 5.82 Å². The van der Waals surface area contributed by atoms with E-state index in [-0.39, 0.29) is 12.7 Å². The number of H-pyrrole nitrogens is 1. The van der Waals surface area contributed by atoms with Crippen molar-refractivity contribution in [2.45, 2.75) is 32.0 Å². The molecule has 0 spiro atoms. The zero-order valence-electron chi connectivity index (χ0n) is 14.9. The van der Waals surface area contributed by atoms with Gasteiger partial charge in [-0.05, 0) is 24.8 Å². The fraction of sp³-hybridized carbons (Fsp3) is 0.421. The van der Waals surface area contributed by atoms with Crippen molar-refractivity contribution in [3.8, 4) is 11.4 Å². The number of nitrogens with zero attached hydrogens (tertiary/aromatic N) is 4. The van der Waals surface area contributed by atoms with E-state index in [2.05, 4.69) is 24.8 Å². The lowest BCUT2D eigenvalue weighted by Crippen LogP contribution is -2.33. The van der Waals surface area contributed by atoms with Crippen molar-refractivity contribution >= 4 is 17.0 Å². The number of anilines is 1. The number of fused-ring (bicyclic) bond motifs is 1. The predicted octanol–water partition coefficient (Wildman–Crippen LogP) is 2.52. The van der Waals surface area contributed by atoms with Crippen LogP contribution < -0.4 is 4.90 Å². The maximum absolute atomic E-state index is 9.19. The molecule has 1 saturated heterocycles. The molecule has 0 amide bonds. The molecule has 7 heteroatoms. The summed E-state index contributed by atoms with van der Waals surface area (Å²) in [6, 6.07) is 7.66. The molecular formula is C19H23N5O2. The average molecular weight is 353 g/mol. The van der Waals surface area contributed by atoms with E-state index in [1.165, 1.54) is 6.42 Å². The van der Waals surface area contributed by atoms with Crippen molar-refractivity contribution < 1.29 is 9.84 Å². The molecule has 1 unspecified atom stereocenters. The van der Waals surface area contributed by atoms with Gasteiger partial charge in [-0.25, -0.2) is 15.0 Å². The number of aromatic amines is 1. The number of rotatable bonds is 5. The Morgan fingerprint density at radius 3 is 2.81 bits per heavy atom. The molecule has 1 aliphatic rings. The van der Waals surface area contributed by atoms with E-state index in [1.54, 1.807) is 6.33 Å². The molecule has 3 aromatic rings. The highest BCUT2D eigenvalue weighted by Crippen LogP contribution is 2.26. The minimum Gasteiger partial charge on any atom is -0.392 e. The van der Waals surface area contributed by atoms with Gasteiger partial charge in [-0.2, -0.15) is 0 Å². The third-order valence-electron chi connectivity index (χ3n) is 4.79. The Labute approximate surface area is 152 Å². The van der Waals surface area contributed by atoms with Crippen LogP contribution in [-0.2, 0) is 11.3 Å². The van der Waals surface area contributed by atoms with Crippen molar-refractivity contribution in [2.24, 2.45) is 0 Å². The highest BCUT2D eigenvalue weighted by Gasteiger charge is 2.19. The molecule has 0 aliphatic carbocycles. The first-order chi connectivity index (χ1) is 12.7. The largest absolute Gasteiger partial charge is 0.392 e. The SMILES string of the molecule is CN(CC1CCCCO1)c1ncnc2nc(-c3ccc(CO)cc3)[nH]c12. The number of hydrogen-bond acceptors (Lipinski definition) is 6. The number of likely N-dealkylation sites (N-methyl/N-ethyl adjacent to an activating group) is 1. The second kappa shape index (κ2) is 7.39. The molecule has 1 fully saturated rings. The first-order valence-corrected chi connectivity index (χ1v) is 8.98. The summed E-state index contributed by atoms with van der Waals surface area (Å²) in [5.41, 5.74) is 3.29. The Bertz CT molecular complexity index is 871. The van der Waals surface area contributed by atoms with Gasteiger partial charge in [0.05, 0.1) is 12.7 Å². The fourth-order valence-corrected chi connectivity index (χ4v) is 3.35. The molecule has 0 radical (unpaired) electrons. The van der Waals surface area contributed by atoms with Crippen molar-refractivity contribution in [2.75, 3.05) is 25.1 Å². The van der Waals surface area contributed by atoms with Gasteiger partial charge in [0.1, 0.15) is 17.7 Å². The first kappa shape index (κ1) is 16.9. The topological polar surface area (TPSA) is 87.2 Å². The lowest BCUT2D eigenvalue weighted by Gasteiger charge is -2.28. The summed E-state index contributed by atoms with van der Waals surface area (Å²) in [6.07, 6.45) is 5.25. The first-order valence-electron chi connectivity index (χ1n) is 8.98. The molecule has 1 aliphatic heterocycles. The number of aliphatic hydroxyl groups excluding tert-OH is 1. The summed E-state index contributed by atoms with van der Waals surface area (Å²) >= 11 is 0. The number of hydrogen-bond donors (Lipinski definition) is 2. The summed E-state index contributed by atoms with van der Waals surface area (Å²) in [4.78, 5) is 18.8. The van der Waals surface area contributed by atoms with Gasteiger partial charge in [0, 0.05) is 25.8 Å². The number of imidazole rings is 1. The molecule has 2 N–H and O–H groups in total. The van der Waals surface area contributed by atoms with Crippen molar-refractivity contribution in [3.05, 3.63) is 36.2 Å². The summed E-state index contributed by atoms with van der Waals surface area (Å²) in [6.45, 7) is 1.67. The third-order valence-corrected chi connectivity index (χ3v) is 4.79. The van der Waals surface area contributed by atoms with Gasteiger partial charge in [-0.15, -0.1) is 0 Å². The number of ether oxygens (including phenoxy) is 1. The van der Waals surface area contributed by atoms with Gasteiger partial charge in [-0.1, -0.05) is 24.3 Å². The summed E-state index contributed by atoms with van der Waals surface area (Å²) in [5, 5.41) is 9.19. The number of aromatic nitrogens is 4. The van der Waals surface area contributed by atoms with Gasteiger partial charge in [0.25, 0.3) is 0 Å². The highest BCUT2D eigenvalue weighted by molar-refractivity contribution is 5.85. The molecule has 2 aromatic heterocycles. The molecule has 136 valence electrons. The van der Waals surface area contributed by atoms with Crippen LogP contribution in [-0.4, -0.2) is 51.3 Å². The van der Waals surface area contributed by atoms with E-state index >= 15 is 0 Å². The van der Waals surface area contributed by atoms with Crippen LogP contribution in [0.5, 0.6) is 0 Å². The zero-order valence-corrected chi connectivity index (χ0v) is 14.9. The maximum atomic E-state index is 9.19. The second-order valence-corrected chi connectivity index (χ2v) is 6.71. The van der Waals surface area contributed by atoms with Gasteiger partial charge in [0.15, 0.2) is 11.5 Å². The molecule has 3 heterocycles. The Balaban J connectivity index is 1.62. The molecule has 1 atom stereocenters. The standard InChI is InChI=1S/C19H23N5O2/c1-24(10-15-4-2-3-9-26-15)19-16-18(20-12-21-19)23-17(22-16)14-7-5-13(11-25)6-8-14/h5-8,12,15,25H,2-4,9-11H2,1H3,(H,20,21,22,23). The molecule has 0 saturated carbocycles. The molecule has 26 heavy (non-hydrogen) atoms. The van der Waals surface area contributed by atoms with Crippen molar-refractivity contribution in [1.82, 2.24) is 19.9 Å². The normalized spacial score (nSPS) is 17.5. The van der Waals surface area contributed by atoms with Crippen molar-refractivity contribution in [3.63, 3.8) is 0 Å². The Morgan fingerprint density at radius 2 is 2.08 bits per heavy atom. The second-order valence-electron chi connectivity index (χ2n) is 6.71. The van der Waals surface area contributed by atoms with Crippen LogP contribution in [0.15, 0.2) is 30.6 Å². The minimum absolute atomic E-state index is 0.0318. The third kappa shape index (κ3) is 3.40. The average Bonchev–Trinajstić information content (AvgIpc) is 3.13. The van der Waals surface area contributed by atoms with Crippen LogP contribution in [0, 0.1) is 0 Å². The van der Waals surface area contributed by atoms with Gasteiger partial charge < -0.3 is 19.7 Å². The molecule has 1 aromatic carbocycles. The van der Waals surface area contributed by atoms with E-state index in [0.29, 0.717) is 5.65 Å². The fourth-order valence-electron chi connectivity index (χ4n) is 3.35. The van der Waals surface area contributed by atoms with Gasteiger partial charge in [-0.3, -0.25) is 0 Å². The van der Waals surface area contributed by atoms with Crippen LogP contribution in [0.2, 0.25) is 0 Å². The van der Waals surface area contributed by atoms with Crippen LogP contribution in [0.1, 0.15) is 24.8 Å². The number of benzene rings is 1. The van der Waals surface area contributed by atoms with E-state index in [1.807, 2.05) is 31.3 Å². The van der Waals surface area contributed by atoms with E-state index < -0.39 is 0 Å². The number of nitrogens with one attached hydrogen (secondary N) is 1. The molecule has 0 bridgehead atoms. The quantitative estimate of drug-likeness (QED) is 0.733. The van der Waals surface area contributed by atoms with E-state index in [0.717, 1.165) is 54.3 Å².